The van der Waals surface area contributed by atoms with Gasteiger partial charge in [-0.25, -0.2) is 4.98 Å². The molecular formula is C16H16N2OS. The van der Waals surface area contributed by atoms with Crippen LogP contribution >= 0.6 is 0 Å². The third kappa shape index (κ3) is 2.39. The minimum Gasteiger partial charge on any atom is -0.330 e. The van der Waals surface area contributed by atoms with Crippen molar-refractivity contribution in [2.45, 2.75) is 17.6 Å². The predicted octanol–water partition coefficient (Wildman–Crippen LogP) is 3.19. The van der Waals surface area contributed by atoms with Crippen LogP contribution in [0.15, 0.2) is 53.4 Å². The molecule has 0 fully saturated rings. The zero-order valence-corrected chi connectivity index (χ0v) is 12.4. The van der Waals surface area contributed by atoms with Crippen molar-refractivity contribution >= 4 is 21.8 Å². The van der Waals surface area contributed by atoms with Gasteiger partial charge in [-0.1, -0.05) is 29.8 Å². The molecule has 0 N–H and O–H groups in total. The largest absolute Gasteiger partial charge is 0.330 e. The summed E-state index contributed by atoms with van der Waals surface area (Å²) in [5.74, 6) is 1.29. The molecule has 3 nitrogen and oxygen atoms in total. The molecule has 3 aromatic rings. The molecular weight excluding hydrogens is 268 g/mol. The molecule has 20 heavy (non-hydrogen) atoms. The van der Waals surface area contributed by atoms with E-state index in [2.05, 4.69) is 4.98 Å². The highest BCUT2D eigenvalue weighted by Gasteiger charge is 2.11. The Balaban J connectivity index is 1.91. The Morgan fingerprint density at radius 3 is 2.50 bits per heavy atom. The summed E-state index contributed by atoms with van der Waals surface area (Å²) in [4.78, 5) is 5.41. The summed E-state index contributed by atoms with van der Waals surface area (Å²) in [7, 11) is 0.906. The highest BCUT2D eigenvalue weighted by Crippen LogP contribution is 2.18. The Kier molecular flexibility index (Phi) is 3.40. The van der Waals surface area contributed by atoms with E-state index in [9.17, 15) is 4.21 Å². The fourth-order valence-corrected chi connectivity index (χ4v) is 3.31. The summed E-state index contributed by atoms with van der Waals surface area (Å²) in [5.41, 5.74) is 3.20. The fraction of sp³-hybridized carbons (Fsp3) is 0.188. The van der Waals surface area contributed by atoms with E-state index in [0.29, 0.717) is 5.75 Å². The molecule has 1 aromatic heterocycles. The monoisotopic (exact) mass is 284 g/mol. The van der Waals surface area contributed by atoms with Gasteiger partial charge in [-0.3, -0.25) is 4.21 Å². The van der Waals surface area contributed by atoms with E-state index in [1.807, 2.05) is 67.1 Å². The number of rotatable bonds is 3. The number of hydrogen-bond donors (Lipinski definition) is 0. The van der Waals surface area contributed by atoms with Gasteiger partial charge in [0.15, 0.2) is 0 Å². The Hall–Kier alpha value is -1.94. The van der Waals surface area contributed by atoms with Crippen molar-refractivity contribution in [3.63, 3.8) is 0 Å². The second-order valence-corrected chi connectivity index (χ2v) is 6.33. The van der Waals surface area contributed by atoms with Crippen LogP contribution < -0.4 is 0 Å². The first-order valence-electron chi connectivity index (χ1n) is 6.50. The molecule has 0 aliphatic carbocycles. The average molecular weight is 284 g/mol. The zero-order chi connectivity index (χ0) is 14.1. The number of aromatic nitrogens is 2. The van der Waals surface area contributed by atoms with Crippen LogP contribution in [-0.4, -0.2) is 13.8 Å². The van der Waals surface area contributed by atoms with Crippen LogP contribution in [-0.2, 0) is 23.6 Å². The van der Waals surface area contributed by atoms with Gasteiger partial charge in [-0.15, -0.1) is 0 Å². The molecule has 3 rings (SSSR count). The topological polar surface area (TPSA) is 34.9 Å². The van der Waals surface area contributed by atoms with Gasteiger partial charge >= 0.3 is 0 Å². The molecule has 102 valence electrons. The van der Waals surface area contributed by atoms with Crippen molar-refractivity contribution in [3.05, 3.63) is 59.9 Å². The zero-order valence-electron chi connectivity index (χ0n) is 11.5. The quantitative estimate of drug-likeness (QED) is 0.740. The predicted molar refractivity (Wildman–Crippen MR) is 82.0 cm³/mol. The van der Waals surface area contributed by atoms with Crippen LogP contribution in [0.4, 0.5) is 0 Å². The number of aryl methyl sites for hydroxylation is 2. The van der Waals surface area contributed by atoms with E-state index in [0.717, 1.165) is 21.8 Å². The maximum Gasteiger partial charge on any atom is 0.122 e. The van der Waals surface area contributed by atoms with Crippen molar-refractivity contribution in [2.24, 2.45) is 7.05 Å². The average Bonchev–Trinajstić information content (AvgIpc) is 2.77. The number of nitrogens with zero attached hydrogens (tertiary/aromatic N) is 2. The van der Waals surface area contributed by atoms with E-state index in [1.165, 1.54) is 5.56 Å². The number of fused-ring (bicyclic) bond motifs is 1. The molecule has 1 heterocycles. The highest BCUT2D eigenvalue weighted by atomic mass is 32.2. The highest BCUT2D eigenvalue weighted by molar-refractivity contribution is 7.84. The molecule has 0 saturated carbocycles. The van der Waals surface area contributed by atoms with Gasteiger partial charge in [0.1, 0.15) is 5.82 Å². The van der Waals surface area contributed by atoms with Gasteiger partial charge in [0.25, 0.3) is 0 Å². The first kappa shape index (κ1) is 13.1. The van der Waals surface area contributed by atoms with Gasteiger partial charge in [0, 0.05) is 11.9 Å². The molecule has 0 aliphatic rings. The van der Waals surface area contributed by atoms with Gasteiger partial charge in [0.05, 0.1) is 27.6 Å². The van der Waals surface area contributed by atoms with E-state index >= 15 is 0 Å². The van der Waals surface area contributed by atoms with Gasteiger partial charge in [0.2, 0.25) is 0 Å². The minimum absolute atomic E-state index is 0.439. The molecule has 0 spiro atoms. The van der Waals surface area contributed by atoms with Crippen LogP contribution in [0.1, 0.15) is 11.4 Å². The summed E-state index contributed by atoms with van der Waals surface area (Å²) in [6, 6.07) is 15.8. The normalized spacial score (nSPS) is 12.7. The maximum atomic E-state index is 12.4. The van der Waals surface area contributed by atoms with Crippen LogP contribution in [0, 0.1) is 6.92 Å². The summed E-state index contributed by atoms with van der Waals surface area (Å²) in [6.07, 6.45) is 0. The van der Waals surface area contributed by atoms with Crippen molar-refractivity contribution in [1.82, 2.24) is 9.55 Å². The molecule has 4 heteroatoms. The fourth-order valence-electron chi connectivity index (χ4n) is 2.22. The van der Waals surface area contributed by atoms with Gasteiger partial charge < -0.3 is 4.57 Å². The van der Waals surface area contributed by atoms with E-state index in [1.54, 1.807) is 0 Å². The van der Waals surface area contributed by atoms with Crippen LogP contribution in [0.3, 0.4) is 0 Å². The second kappa shape index (κ2) is 5.21. The second-order valence-electron chi connectivity index (χ2n) is 4.88. The van der Waals surface area contributed by atoms with Crippen molar-refractivity contribution in [1.29, 1.82) is 0 Å². The van der Waals surface area contributed by atoms with Crippen molar-refractivity contribution in [3.8, 4) is 0 Å². The van der Waals surface area contributed by atoms with E-state index in [4.69, 9.17) is 0 Å². The molecule has 0 radical (unpaired) electrons. The number of para-hydroxylation sites is 2. The van der Waals surface area contributed by atoms with E-state index in [-0.39, 0.29) is 0 Å². The third-order valence-electron chi connectivity index (χ3n) is 3.42. The number of benzene rings is 2. The van der Waals surface area contributed by atoms with Crippen LogP contribution in [0.5, 0.6) is 0 Å². The molecule has 1 unspecified atom stereocenters. The van der Waals surface area contributed by atoms with Crippen molar-refractivity contribution in [2.75, 3.05) is 0 Å². The van der Waals surface area contributed by atoms with E-state index < -0.39 is 10.8 Å². The molecule has 1 atom stereocenters. The lowest BCUT2D eigenvalue weighted by molar-refractivity contribution is 0.680. The first-order valence-corrected chi connectivity index (χ1v) is 7.82. The third-order valence-corrected chi connectivity index (χ3v) is 4.74. The Morgan fingerprint density at radius 1 is 1.10 bits per heavy atom. The lowest BCUT2D eigenvalue weighted by atomic mass is 10.2. The van der Waals surface area contributed by atoms with Crippen molar-refractivity contribution < 1.29 is 4.21 Å². The molecule has 0 amide bonds. The van der Waals surface area contributed by atoms with Gasteiger partial charge in [-0.05, 0) is 31.2 Å². The molecule has 0 bridgehead atoms. The maximum absolute atomic E-state index is 12.4. The summed E-state index contributed by atoms with van der Waals surface area (Å²) in [6.45, 7) is 2.03. The Morgan fingerprint density at radius 2 is 1.80 bits per heavy atom. The molecule has 2 aromatic carbocycles. The molecule has 0 saturated heterocycles. The summed E-state index contributed by atoms with van der Waals surface area (Å²) in [5, 5.41) is 0. The Bertz CT molecular complexity index is 775. The SMILES string of the molecule is Cc1ccc(S(=O)Cc2nc3ccccc3n2C)cc1. The lowest BCUT2D eigenvalue weighted by Crippen LogP contribution is -2.03. The van der Waals surface area contributed by atoms with Gasteiger partial charge in [-0.2, -0.15) is 0 Å². The first-order chi connectivity index (χ1) is 9.65. The molecule has 0 aliphatic heterocycles. The Labute approximate surface area is 120 Å². The number of imidazole rings is 1. The summed E-state index contributed by atoms with van der Waals surface area (Å²) < 4.78 is 14.4. The summed E-state index contributed by atoms with van der Waals surface area (Å²) >= 11 is 0. The lowest BCUT2D eigenvalue weighted by Gasteiger charge is -2.04. The minimum atomic E-state index is -1.06. The smallest absolute Gasteiger partial charge is 0.122 e. The standard InChI is InChI=1S/C16H16N2OS/c1-12-7-9-13(10-8-12)20(19)11-16-17-14-5-3-4-6-15(14)18(16)2/h3-10H,11H2,1-2H3. The van der Waals surface area contributed by atoms with Crippen LogP contribution in [0.25, 0.3) is 11.0 Å². The number of hydrogen-bond acceptors (Lipinski definition) is 2. The van der Waals surface area contributed by atoms with Crippen LogP contribution in [0.2, 0.25) is 0 Å².